The molecule has 0 radical (unpaired) electrons. The molecule has 0 aliphatic rings. The summed E-state index contributed by atoms with van der Waals surface area (Å²) in [5.74, 6) is 1.04. The average molecular weight is 270 g/mol. The molecule has 2 aromatic rings. The van der Waals surface area contributed by atoms with Crippen molar-refractivity contribution in [1.82, 2.24) is 0 Å². The first-order chi connectivity index (χ1) is 9.77. The van der Waals surface area contributed by atoms with Crippen LogP contribution in [0.25, 0.3) is 0 Å². The summed E-state index contributed by atoms with van der Waals surface area (Å²) in [4.78, 5) is 12.7. The van der Waals surface area contributed by atoms with Gasteiger partial charge in [-0.05, 0) is 26.0 Å². The van der Waals surface area contributed by atoms with E-state index in [1.807, 2.05) is 38.1 Å². The van der Waals surface area contributed by atoms with Gasteiger partial charge >= 0.3 is 0 Å². The van der Waals surface area contributed by atoms with Crippen molar-refractivity contribution in [2.24, 2.45) is 0 Å². The summed E-state index contributed by atoms with van der Waals surface area (Å²) in [6.07, 6.45) is 0. The number of rotatable bonds is 6. The molecule has 0 aromatic heterocycles. The molecule has 20 heavy (non-hydrogen) atoms. The summed E-state index contributed by atoms with van der Waals surface area (Å²) in [6, 6.07) is 14.6. The Morgan fingerprint density at radius 1 is 0.850 bits per heavy atom. The van der Waals surface area contributed by atoms with Crippen LogP contribution in [-0.4, -0.2) is 19.0 Å². The Balaban J connectivity index is 2.49. The van der Waals surface area contributed by atoms with Gasteiger partial charge in [0.15, 0.2) is 0 Å². The molecule has 0 saturated heterocycles. The van der Waals surface area contributed by atoms with Crippen LogP contribution in [0.15, 0.2) is 48.5 Å². The van der Waals surface area contributed by atoms with Gasteiger partial charge in [0.1, 0.15) is 17.1 Å². The van der Waals surface area contributed by atoms with Crippen molar-refractivity contribution in [3.63, 3.8) is 0 Å². The Morgan fingerprint density at radius 2 is 1.40 bits per heavy atom. The summed E-state index contributed by atoms with van der Waals surface area (Å²) in [6.45, 7) is 4.80. The maximum Gasteiger partial charge on any atom is 0.200 e. The molecule has 3 heteroatoms. The minimum atomic E-state index is -0.0851. The van der Waals surface area contributed by atoms with E-state index in [1.165, 1.54) is 0 Å². The Bertz CT molecular complexity index is 552. The molecule has 104 valence electrons. The topological polar surface area (TPSA) is 35.5 Å². The molecule has 0 amide bonds. The van der Waals surface area contributed by atoms with Crippen LogP contribution in [0.1, 0.15) is 29.8 Å². The molecule has 0 atom stereocenters. The van der Waals surface area contributed by atoms with Crippen molar-refractivity contribution in [3.8, 4) is 11.5 Å². The molecular weight excluding hydrogens is 252 g/mol. The molecule has 0 bridgehead atoms. The van der Waals surface area contributed by atoms with Crippen molar-refractivity contribution < 1.29 is 14.3 Å². The van der Waals surface area contributed by atoms with Crippen LogP contribution >= 0.6 is 0 Å². The summed E-state index contributed by atoms with van der Waals surface area (Å²) in [5, 5.41) is 0. The Labute approximate surface area is 119 Å². The first-order valence-corrected chi connectivity index (χ1v) is 6.76. The molecule has 0 aliphatic carbocycles. The zero-order chi connectivity index (χ0) is 14.4. The van der Waals surface area contributed by atoms with Gasteiger partial charge < -0.3 is 9.47 Å². The molecule has 2 aromatic carbocycles. The summed E-state index contributed by atoms with van der Waals surface area (Å²) in [7, 11) is 0. The van der Waals surface area contributed by atoms with Gasteiger partial charge in [0.05, 0.1) is 13.2 Å². The van der Waals surface area contributed by atoms with Gasteiger partial charge in [-0.15, -0.1) is 0 Å². The Hall–Kier alpha value is -2.29. The Kier molecular flexibility index (Phi) is 4.77. The van der Waals surface area contributed by atoms with Gasteiger partial charge in [0.25, 0.3) is 0 Å². The number of hydrogen-bond donors (Lipinski definition) is 0. The second kappa shape index (κ2) is 6.75. The highest BCUT2D eigenvalue weighted by atomic mass is 16.5. The highest BCUT2D eigenvalue weighted by Gasteiger charge is 2.19. The van der Waals surface area contributed by atoms with E-state index < -0.39 is 0 Å². The third-order valence-corrected chi connectivity index (χ3v) is 2.85. The third kappa shape index (κ3) is 2.99. The van der Waals surface area contributed by atoms with E-state index in [4.69, 9.17) is 9.47 Å². The number of carbonyl (C=O) groups is 1. The zero-order valence-electron chi connectivity index (χ0n) is 11.8. The number of ketones is 1. The predicted octanol–water partition coefficient (Wildman–Crippen LogP) is 3.72. The quantitative estimate of drug-likeness (QED) is 0.750. The first kappa shape index (κ1) is 14.1. The van der Waals surface area contributed by atoms with Gasteiger partial charge in [0, 0.05) is 5.56 Å². The normalized spacial score (nSPS) is 10.1. The van der Waals surface area contributed by atoms with Crippen molar-refractivity contribution >= 4 is 5.78 Å². The van der Waals surface area contributed by atoms with Crippen LogP contribution in [0.5, 0.6) is 11.5 Å². The molecule has 0 N–H and O–H groups in total. The lowest BCUT2D eigenvalue weighted by molar-refractivity contribution is 0.103. The molecule has 0 unspecified atom stereocenters. The first-order valence-electron chi connectivity index (χ1n) is 6.76. The van der Waals surface area contributed by atoms with Crippen molar-refractivity contribution in [2.45, 2.75) is 13.8 Å². The monoisotopic (exact) mass is 270 g/mol. The largest absolute Gasteiger partial charge is 0.493 e. The van der Waals surface area contributed by atoms with Crippen molar-refractivity contribution in [1.29, 1.82) is 0 Å². The molecular formula is C17H18O3. The molecule has 0 heterocycles. The summed E-state index contributed by atoms with van der Waals surface area (Å²) in [5.41, 5.74) is 1.11. The zero-order valence-corrected chi connectivity index (χ0v) is 11.8. The molecule has 0 aliphatic heterocycles. The lowest BCUT2D eigenvalue weighted by Crippen LogP contribution is -2.08. The van der Waals surface area contributed by atoms with Crippen LogP contribution in [0, 0.1) is 0 Å². The van der Waals surface area contributed by atoms with Crippen LogP contribution in [0.3, 0.4) is 0 Å². The van der Waals surface area contributed by atoms with Gasteiger partial charge in [-0.1, -0.05) is 36.4 Å². The second-order valence-corrected chi connectivity index (χ2v) is 4.19. The fourth-order valence-electron chi connectivity index (χ4n) is 2.02. The van der Waals surface area contributed by atoms with E-state index in [0.717, 1.165) is 0 Å². The summed E-state index contributed by atoms with van der Waals surface area (Å²) < 4.78 is 11.1. The van der Waals surface area contributed by atoms with E-state index >= 15 is 0 Å². The SMILES string of the molecule is CCOc1cccc(OCC)c1C(=O)c1ccccc1. The van der Waals surface area contributed by atoms with Crippen LogP contribution in [0.2, 0.25) is 0 Å². The standard InChI is InChI=1S/C17H18O3/c1-3-19-14-11-8-12-15(20-4-2)16(14)17(18)13-9-6-5-7-10-13/h5-12H,3-4H2,1-2H3. The lowest BCUT2D eigenvalue weighted by atomic mass is 10.0. The van der Waals surface area contributed by atoms with Gasteiger partial charge in [-0.25, -0.2) is 0 Å². The van der Waals surface area contributed by atoms with Gasteiger partial charge in [-0.2, -0.15) is 0 Å². The highest BCUT2D eigenvalue weighted by molar-refractivity contribution is 6.12. The van der Waals surface area contributed by atoms with E-state index in [1.54, 1.807) is 24.3 Å². The van der Waals surface area contributed by atoms with Crippen LogP contribution in [0.4, 0.5) is 0 Å². The van der Waals surface area contributed by atoms with E-state index in [0.29, 0.717) is 35.8 Å². The number of benzene rings is 2. The fourth-order valence-corrected chi connectivity index (χ4v) is 2.02. The maximum atomic E-state index is 12.7. The number of ether oxygens (including phenoxy) is 2. The van der Waals surface area contributed by atoms with Crippen molar-refractivity contribution in [2.75, 3.05) is 13.2 Å². The highest BCUT2D eigenvalue weighted by Crippen LogP contribution is 2.31. The fraction of sp³-hybridized carbons (Fsp3) is 0.235. The van der Waals surface area contributed by atoms with Gasteiger partial charge in [-0.3, -0.25) is 4.79 Å². The molecule has 3 nitrogen and oxygen atoms in total. The third-order valence-electron chi connectivity index (χ3n) is 2.85. The minimum Gasteiger partial charge on any atom is -0.493 e. The second-order valence-electron chi connectivity index (χ2n) is 4.19. The molecule has 0 fully saturated rings. The minimum absolute atomic E-state index is 0.0851. The maximum absolute atomic E-state index is 12.7. The average Bonchev–Trinajstić information content (AvgIpc) is 2.48. The van der Waals surface area contributed by atoms with E-state index in [2.05, 4.69) is 0 Å². The molecule has 0 saturated carbocycles. The molecule has 2 rings (SSSR count). The number of hydrogen-bond acceptors (Lipinski definition) is 3. The van der Waals surface area contributed by atoms with Gasteiger partial charge in [0.2, 0.25) is 5.78 Å². The smallest absolute Gasteiger partial charge is 0.200 e. The number of carbonyl (C=O) groups excluding carboxylic acids is 1. The predicted molar refractivity (Wildman–Crippen MR) is 78.7 cm³/mol. The van der Waals surface area contributed by atoms with Crippen LogP contribution < -0.4 is 9.47 Å². The lowest BCUT2D eigenvalue weighted by Gasteiger charge is -2.14. The Morgan fingerprint density at radius 3 is 1.90 bits per heavy atom. The van der Waals surface area contributed by atoms with Crippen molar-refractivity contribution in [3.05, 3.63) is 59.7 Å². The summed E-state index contributed by atoms with van der Waals surface area (Å²) >= 11 is 0. The van der Waals surface area contributed by atoms with Crippen LogP contribution in [-0.2, 0) is 0 Å². The van der Waals surface area contributed by atoms with E-state index in [9.17, 15) is 4.79 Å². The molecule has 0 spiro atoms. The van der Waals surface area contributed by atoms with E-state index in [-0.39, 0.29) is 5.78 Å².